The maximum absolute atomic E-state index is 14.2. The van der Waals surface area contributed by atoms with Gasteiger partial charge in [-0.3, -0.25) is 4.79 Å². The Morgan fingerprint density at radius 2 is 1.20 bits per heavy atom. The van der Waals surface area contributed by atoms with Crippen LogP contribution in [0.15, 0.2) is 64.8 Å². The van der Waals surface area contributed by atoms with Gasteiger partial charge in [-0.15, -0.1) is 10.2 Å². The minimum atomic E-state index is -7.08. The van der Waals surface area contributed by atoms with Crippen molar-refractivity contribution in [2.75, 3.05) is 13.1 Å². The van der Waals surface area contributed by atoms with E-state index in [1.807, 2.05) is 0 Å². The van der Waals surface area contributed by atoms with E-state index in [1.54, 1.807) is 18.2 Å². The van der Waals surface area contributed by atoms with Crippen LogP contribution >= 0.6 is 0 Å². The monoisotopic (exact) mass is 685 g/mol. The standard InChI is InChI=1S/C25H17F14N5O2/c1-13-17(19(46)44(42-13)14-7-3-2-4-8-14)41-40-16-10-6-5-9-15(16)18(45)43(11-20(26,27)22(30,31)24(34,35)36)12-21(28,29)23(32,33)25(37,38)39/h2-10,46H,11-12H2,1H3/b41-40+. The molecule has 3 aromatic rings. The number of aromatic hydroxyl groups is 1. The van der Waals surface area contributed by atoms with Crippen LogP contribution in [0, 0.1) is 6.92 Å². The number of benzene rings is 2. The molecule has 1 aromatic heterocycles. The summed E-state index contributed by atoms with van der Waals surface area (Å²) in [6, 6.07) is 10.9. The normalized spacial score (nSPS) is 13.8. The molecule has 0 saturated carbocycles. The van der Waals surface area contributed by atoms with E-state index in [0.717, 1.165) is 22.9 Å². The molecule has 21 heteroatoms. The van der Waals surface area contributed by atoms with Crippen LogP contribution in [0.25, 0.3) is 5.69 Å². The molecule has 252 valence electrons. The summed E-state index contributed by atoms with van der Waals surface area (Å²) in [5, 5.41) is 21.6. The highest BCUT2D eigenvalue weighted by Crippen LogP contribution is 2.49. The minimum Gasteiger partial charge on any atom is -0.492 e. The number of para-hydroxylation sites is 1. The Hall–Kier alpha value is -4.46. The first-order valence-corrected chi connectivity index (χ1v) is 12.1. The summed E-state index contributed by atoms with van der Waals surface area (Å²) in [7, 11) is 0. The van der Waals surface area contributed by atoms with E-state index in [9.17, 15) is 71.4 Å². The van der Waals surface area contributed by atoms with Gasteiger partial charge in [0.05, 0.1) is 35.7 Å². The van der Waals surface area contributed by atoms with E-state index < -0.39 is 82.8 Å². The van der Waals surface area contributed by atoms with Gasteiger partial charge in [-0.2, -0.15) is 71.2 Å². The topological polar surface area (TPSA) is 83.1 Å². The number of hydrogen-bond acceptors (Lipinski definition) is 5. The third-order valence-corrected chi connectivity index (χ3v) is 6.09. The minimum absolute atomic E-state index is 0.0430. The predicted octanol–water partition coefficient (Wildman–Crippen LogP) is 8.41. The van der Waals surface area contributed by atoms with Crippen LogP contribution in [0.3, 0.4) is 0 Å². The van der Waals surface area contributed by atoms with Crippen LogP contribution in [-0.4, -0.2) is 74.8 Å². The predicted molar refractivity (Wildman–Crippen MR) is 128 cm³/mol. The van der Waals surface area contributed by atoms with E-state index in [0.29, 0.717) is 11.8 Å². The molecule has 1 N–H and O–H groups in total. The van der Waals surface area contributed by atoms with Gasteiger partial charge in [-0.05, 0) is 31.2 Å². The van der Waals surface area contributed by atoms with E-state index in [-0.39, 0.29) is 5.69 Å². The number of carbonyl (C=O) groups is 1. The molecule has 0 fully saturated rings. The molecule has 3 rings (SSSR count). The second-order valence-electron chi connectivity index (χ2n) is 9.44. The molecular weight excluding hydrogens is 668 g/mol. The highest BCUT2D eigenvalue weighted by Gasteiger charge is 2.75. The summed E-state index contributed by atoms with van der Waals surface area (Å²) < 4.78 is 188. The van der Waals surface area contributed by atoms with Gasteiger partial charge in [0.25, 0.3) is 5.91 Å². The highest BCUT2D eigenvalue weighted by molar-refractivity contribution is 5.99. The Morgan fingerprint density at radius 1 is 0.739 bits per heavy atom. The Bertz CT molecular complexity index is 1540. The van der Waals surface area contributed by atoms with Gasteiger partial charge >= 0.3 is 36.0 Å². The maximum Gasteiger partial charge on any atom is 0.459 e. The Morgan fingerprint density at radius 3 is 1.67 bits per heavy atom. The van der Waals surface area contributed by atoms with Gasteiger partial charge in [0.15, 0.2) is 5.69 Å². The second kappa shape index (κ2) is 12.0. The van der Waals surface area contributed by atoms with Crippen molar-refractivity contribution in [3.63, 3.8) is 0 Å². The first kappa shape index (κ1) is 36.0. The summed E-state index contributed by atoms with van der Waals surface area (Å²) in [4.78, 5) is 11.6. The number of aromatic nitrogens is 2. The van der Waals surface area contributed by atoms with E-state index in [1.165, 1.54) is 19.1 Å². The first-order chi connectivity index (χ1) is 20.9. The van der Waals surface area contributed by atoms with Crippen LogP contribution in [0.5, 0.6) is 5.88 Å². The number of hydrogen-bond donors (Lipinski definition) is 1. The molecule has 0 spiro atoms. The van der Waals surface area contributed by atoms with Gasteiger partial charge < -0.3 is 10.0 Å². The third-order valence-electron chi connectivity index (χ3n) is 6.09. The van der Waals surface area contributed by atoms with Gasteiger partial charge in [0.2, 0.25) is 5.88 Å². The zero-order valence-corrected chi connectivity index (χ0v) is 22.5. The van der Waals surface area contributed by atoms with Gasteiger partial charge in [0.1, 0.15) is 0 Å². The van der Waals surface area contributed by atoms with Crippen LogP contribution < -0.4 is 0 Å². The fourth-order valence-corrected chi connectivity index (χ4v) is 3.68. The quantitative estimate of drug-likeness (QED) is 0.172. The van der Waals surface area contributed by atoms with Crippen LogP contribution in [0.2, 0.25) is 0 Å². The van der Waals surface area contributed by atoms with E-state index in [4.69, 9.17) is 0 Å². The summed E-state index contributed by atoms with van der Waals surface area (Å²) in [5.74, 6) is -30.3. The molecule has 1 heterocycles. The lowest BCUT2D eigenvalue weighted by Gasteiger charge is -2.36. The lowest BCUT2D eigenvalue weighted by Crippen LogP contribution is -2.62. The van der Waals surface area contributed by atoms with Crippen molar-refractivity contribution in [3.05, 3.63) is 65.9 Å². The van der Waals surface area contributed by atoms with Crippen molar-refractivity contribution >= 4 is 17.3 Å². The molecule has 0 atom stereocenters. The highest BCUT2D eigenvalue weighted by atomic mass is 19.4. The molecule has 7 nitrogen and oxygen atoms in total. The largest absolute Gasteiger partial charge is 0.492 e. The van der Waals surface area contributed by atoms with Crippen LogP contribution in [0.1, 0.15) is 16.1 Å². The SMILES string of the molecule is Cc1nn(-c2ccccc2)c(O)c1/N=N/c1ccccc1C(=O)N(CC(F)(F)C(F)(F)C(F)(F)F)CC(F)(F)C(F)(F)C(F)(F)F. The van der Waals surface area contributed by atoms with Crippen molar-refractivity contribution < 1.29 is 71.4 Å². The average Bonchev–Trinajstić information content (AvgIpc) is 3.22. The average molecular weight is 685 g/mol. The summed E-state index contributed by atoms with van der Waals surface area (Å²) >= 11 is 0. The molecule has 0 aliphatic rings. The number of aryl methyl sites for hydroxylation is 1. The van der Waals surface area contributed by atoms with Gasteiger partial charge in [-0.25, -0.2) is 0 Å². The Labute approximate surface area is 247 Å². The lowest BCUT2D eigenvalue weighted by atomic mass is 10.1. The zero-order chi connectivity index (χ0) is 35.1. The smallest absolute Gasteiger partial charge is 0.459 e. The number of nitrogens with zero attached hydrogens (tertiary/aromatic N) is 5. The fourth-order valence-electron chi connectivity index (χ4n) is 3.68. The van der Waals surface area contributed by atoms with Crippen LogP contribution in [-0.2, 0) is 0 Å². The first-order valence-electron chi connectivity index (χ1n) is 12.1. The number of amides is 1. The molecule has 0 radical (unpaired) electrons. The fraction of sp³-hybridized carbons (Fsp3) is 0.360. The Balaban J connectivity index is 2.10. The summed E-state index contributed by atoms with van der Waals surface area (Å²) in [5.41, 5.74) is -2.27. The number of alkyl halides is 14. The van der Waals surface area contributed by atoms with Gasteiger partial charge in [-0.1, -0.05) is 30.3 Å². The Kier molecular flexibility index (Phi) is 9.43. The molecule has 1 amide bonds. The van der Waals surface area contributed by atoms with Gasteiger partial charge in [0, 0.05) is 0 Å². The second-order valence-corrected chi connectivity index (χ2v) is 9.44. The van der Waals surface area contributed by atoms with Crippen molar-refractivity contribution in [2.24, 2.45) is 10.2 Å². The zero-order valence-electron chi connectivity index (χ0n) is 22.5. The van der Waals surface area contributed by atoms with Crippen molar-refractivity contribution in [1.82, 2.24) is 14.7 Å². The molecule has 0 unspecified atom stereocenters. The van der Waals surface area contributed by atoms with E-state index in [2.05, 4.69) is 15.3 Å². The number of halogens is 14. The summed E-state index contributed by atoms with van der Waals surface area (Å²) in [6.07, 6.45) is -14.2. The molecular formula is C25H17F14N5O2. The molecule has 2 aromatic carbocycles. The van der Waals surface area contributed by atoms with Crippen molar-refractivity contribution in [3.8, 4) is 11.6 Å². The molecule has 0 aliphatic carbocycles. The molecule has 0 bridgehead atoms. The maximum atomic E-state index is 14.2. The van der Waals surface area contributed by atoms with E-state index >= 15 is 0 Å². The number of rotatable bonds is 10. The summed E-state index contributed by atoms with van der Waals surface area (Å²) in [6.45, 7) is -5.52. The van der Waals surface area contributed by atoms with Crippen molar-refractivity contribution in [1.29, 1.82) is 0 Å². The lowest BCUT2D eigenvalue weighted by molar-refractivity contribution is -0.363. The molecule has 46 heavy (non-hydrogen) atoms. The number of azo groups is 1. The van der Waals surface area contributed by atoms with Crippen LogP contribution in [0.4, 0.5) is 72.8 Å². The molecule has 0 aliphatic heterocycles. The number of carbonyl (C=O) groups excluding carboxylic acids is 1. The molecule has 0 saturated heterocycles. The third kappa shape index (κ3) is 6.71. The van der Waals surface area contributed by atoms with Crippen molar-refractivity contribution in [2.45, 2.75) is 43.0 Å².